The van der Waals surface area contributed by atoms with E-state index in [1.165, 1.54) is 12.1 Å². The lowest BCUT2D eigenvalue weighted by Gasteiger charge is -2.05. The van der Waals surface area contributed by atoms with Gasteiger partial charge in [0.15, 0.2) is 11.3 Å². The minimum atomic E-state index is -4.41. The lowest BCUT2D eigenvalue weighted by molar-refractivity contribution is -0.137. The molecule has 24 heavy (non-hydrogen) atoms. The number of alkyl halides is 3. The first-order valence-electron chi connectivity index (χ1n) is 7.16. The fourth-order valence-corrected chi connectivity index (χ4v) is 2.69. The smallest absolute Gasteiger partial charge is 0.416 e. The molecule has 0 fully saturated rings. The van der Waals surface area contributed by atoms with Crippen molar-refractivity contribution in [2.75, 3.05) is 0 Å². The van der Waals surface area contributed by atoms with Crippen molar-refractivity contribution < 1.29 is 22.4 Å². The number of hydrogen-bond acceptors (Lipinski definition) is 2. The van der Waals surface area contributed by atoms with Crippen LogP contribution in [-0.2, 0) is 6.18 Å². The van der Waals surface area contributed by atoms with Gasteiger partial charge in [-0.25, -0.2) is 0 Å². The van der Waals surface area contributed by atoms with Crippen LogP contribution in [-0.4, -0.2) is 10.8 Å². The average Bonchev–Trinajstić information content (AvgIpc) is 3.11. The molecule has 2 aromatic carbocycles. The normalized spacial score (nSPS) is 12.1. The Labute approximate surface area is 133 Å². The quantitative estimate of drug-likeness (QED) is 0.516. The number of ketones is 1. The zero-order chi connectivity index (χ0) is 16.9. The Morgan fingerprint density at radius 2 is 1.71 bits per heavy atom. The number of carbonyl (C=O) groups is 1. The summed E-state index contributed by atoms with van der Waals surface area (Å²) in [5.41, 5.74) is 0.927. The third-order valence-corrected chi connectivity index (χ3v) is 3.85. The molecular weight excluding hydrogens is 319 g/mol. The van der Waals surface area contributed by atoms with Crippen LogP contribution in [0.1, 0.15) is 21.7 Å². The Bertz CT molecular complexity index is 1060. The zero-order valence-electron chi connectivity index (χ0n) is 12.1. The van der Waals surface area contributed by atoms with Gasteiger partial charge in [-0.2, -0.15) is 13.2 Å². The first-order valence-corrected chi connectivity index (χ1v) is 7.16. The van der Waals surface area contributed by atoms with E-state index in [0.29, 0.717) is 27.6 Å². The third-order valence-electron chi connectivity index (χ3n) is 3.85. The highest BCUT2D eigenvalue weighted by molar-refractivity contribution is 6.12. The average molecular weight is 329 g/mol. The van der Waals surface area contributed by atoms with Crippen molar-refractivity contribution in [3.8, 4) is 0 Å². The highest BCUT2D eigenvalue weighted by Crippen LogP contribution is 2.34. The van der Waals surface area contributed by atoms with E-state index < -0.39 is 11.7 Å². The summed E-state index contributed by atoms with van der Waals surface area (Å²) in [7, 11) is 0. The second-order valence-electron chi connectivity index (χ2n) is 5.43. The molecule has 0 saturated carbocycles. The van der Waals surface area contributed by atoms with Crippen LogP contribution in [0.25, 0.3) is 22.0 Å². The number of nitrogens with one attached hydrogen (secondary N) is 1. The van der Waals surface area contributed by atoms with E-state index in [0.717, 1.165) is 12.1 Å². The lowest BCUT2D eigenvalue weighted by Crippen LogP contribution is -2.04. The molecule has 0 radical (unpaired) electrons. The molecule has 4 rings (SSSR count). The van der Waals surface area contributed by atoms with E-state index in [2.05, 4.69) is 4.98 Å². The lowest BCUT2D eigenvalue weighted by atomic mass is 10.1. The fraction of sp³-hybridized carbons (Fsp3) is 0.0556. The van der Waals surface area contributed by atoms with Crippen molar-refractivity contribution in [2.45, 2.75) is 6.18 Å². The summed E-state index contributed by atoms with van der Waals surface area (Å²) >= 11 is 0. The zero-order valence-corrected chi connectivity index (χ0v) is 12.1. The van der Waals surface area contributed by atoms with Gasteiger partial charge in [0.1, 0.15) is 0 Å². The summed E-state index contributed by atoms with van der Waals surface area (Å²) in [6, 6.07) is 13.5. The second kappa shape index (κ2) is 4.99. The van der Waals surface area contributed by atoms with Crippen LogP contribution in [0.2, 0.25) is 0 Å². The summed E-state index contributed by atoms with van der Waals surface area (Å²) in [5.74, 6) is -0.135. The Morgan fingerprint density at radius 3 is 2.42 bits per heavy atom. The van der Waals surface area contributed by atoms with E-state index >= 15 is 0 Å². The first kappa shape index (κ1) is 14.6. The van der Waals surface area contributed by atoms with Crippen molar-refractivity contribution in [1.82, 2.24) is 4.98 Å². The maximum absolute atomic E-state index is 12.8. The Morgan fingerprint density at radius 1 is 0.958 bits per heavy atom. The number of hydrogen-bond donors (Lipinski definition) is 1. The number of benzene rings is 2. The monoisotopic (exact) mass is 329 g/mol. The predicted molar refractivity (Wildman–Crippen MR) is 82.9 cm³/mol. The summed E-state index contributed by atoms with van der Waals surface area (Å²) in [4.78, 5) is 15.3. The van der Waals surface area contributed by atoms with Crippen molar-refractivity contribution in [3.63, 3.8) is 0 Å². The molecule has 1 N–H and O–H groups in total. The van der Waals surface area contributed by atoms with E-state index in [1.807, 2.05) is 0 Å². The van der Waals surface area contributed by atoms with Gasteiger partial charge < -0.3 is 9.40 Å². The fourth-order valence-electron chi connectivity index (χ4n) is 2.69. The molecule has 0 aliphatic carbocycles. The molecule has 6 heteroatoms. The van der Waals surface area contributed by atoms with Crippen LogP contribution >= 0.6 is 0 Å². The van der Waals surface area contributed by atoms with Gasteiger partial charge in [0, 0.05) is 17.0 Å². The number of rotatable bonds is 2. The largest absolute Gasteiger partial charge is 0.450 e. The van der Waals surface area contributed by atoms with E-state index in [1.54, 1.807) is 30.3 Å². The van der Waals surface area contributed by atoms with Crippen LogP contribution in [0, 0.1) is 0 Å². The van der Waals surface area contributed by atoms with Gasteiger partial charge in [0.2, 0.25) is 5.78 Å². The Hall–Kier alpha value is -3.02. The number of furan rings is 1. The summed E-state index contributed by atoms with van der Waals surface area (Å²) in [5, 5.41) is 0.505. The molecule has 4 aromatic rings. The van der Waals surface area contributed by atoms with Crippen molar-refractivity contribution in [2.24, 2.45) is 0 Å². The van der Waals surface area contributed by atoms with Crippen molar-refractivity contribution in [1.29, 1.82) is 0 Å². The van der Waals surface area contributed by atoms with Gasteiger partial charge >= 0.3 is 6.18 Å². The van der Waals surface area contributed by atoms with Gasteiger partial charge in [-0.1, -0.05) is 30.3 Å². The van der Waals surface area contributed by atoms with Gasteiger partial charge in [-0.15, -0.1) is 0 Å². The number of aromatic amines is 1. The number of halogens is 3. The van der Waals surface area contributed by atoms with Gasteiger partial charge in [0.05, 0.1) is 16.6 Å². The highest BCUT2D eigenvalue weighted by atomic mass is 19.4. The van der Waals surface area contributed by atoms with Crippen molar-refractivity contribution >= 4 is 27.8 Å². The molecule has 0 aliphatic rings. The van der Waals surface area contributed by atoms with Crippen LogP contribution in [0.3, 0.4) is 0 Å². The van der Waals surface area contributed by atoms with Crippen LogP contribution in [0.4, 0.5) is 13.2 Å². The predicted octanol–water partition coefficient (Wildman–Crippen LogP) is 5.16. The highest BCUT2D eigenvalue weighted by Gasteiger charge is 2.31. The maximum atomic E-state index is 12.8. The molecule has 2 heterocycles. The van der Waals surface area contributed by atoms with Gasteiger partial charge in [0.25, 0.3) is 0 Å². The number of aromatic nitrogens is 1. The molecule has 0 spiro atoms. The second-order valence-corrected chi connectivity index (χ2v) is 5.43. The SMILES string of the molecule is O=C(c1ccccc1)c1cc2[nH]c3cc(C(F)(F)F)ccc3c2o1. The topological polar surface area (TPSA) is 46.0 Å². The summed E-state index contributed by atoms with van der Waals surface area (Å²) in [6.07, 6.45) is -4.41. The molecule has 0 saturated heterocycles. The first-order chi connectivity index (χ1) is 11.4. The third kappa shape index (κ3) is 2.27. The van der Waals surface area contributed by atoms with E-state index in [4.69, 9.17) is 4.42 Å². The molecule has 0 unspecified atom stereocenters. The Balaban J connectivity index is 1.81. The number of fused-ring (bicyclic) bond motifs is 3. The molecule has 0 aliphatic heterocycles. The molecular formula is C18H10F3NO2. The summed E-state index contributed by atoms with van der Waals surface area (Å²) < 4.78 is 43.9. The Kier molecular flexibility index (Phi) is 3.03. The summed E-state index contributed by atoms with van der Waals surface area (Å²) in [6.45, 7) is 0. The van der Waals surface area contributed by atoms with Crippen LogP contribution in [0.5, 0.6) is 0 Å². The minimum Gasteiger partial charge on any atom is -0.450 e. The standard InChI is InChI=1S/C18H10F3NO2/c19-18(20,21)11-6-7-12-13(8-11)22-14-9-15(24-17(12)14)16(23)10-4-2-1-3-5-10/h1-9,22H. The molecule has 120 valence electrons. The van der Waals surface area contributed by atoms with Gasteiger partial charge in [-0.05, 0) is 18.2 Å². The van der Waals surface area contributed by atoms with Gasteiger partial charge in [-0.3, -0.25) is 4.79 Å². The molecule has 3 nitrogen and oxygen atoms in total. The molecule has 0 bridgehead atoms. The maximum Gasteiger partial charge on any atom is 0.416 e. The van der Waals surface area contributed by atoms with Crippen molar-refractivity contribution in [3.05, 3.63) is 71.5 Å². The number of carbonyl (C=O) groups excluding carboxylic acids is 1. The van der Waals surface area contributed by atoms with E-state index in [9.17, 15) is 18.0 Å². The van der Waals surface area contributed by atoms with E-state index in [-0.39, 0.29) is 11.5 Å². The molecule has 0 atom stereocenters. The minimum absolute atomic E-state index is 0.143. The molecule has 0 amide bonds. The van der Waals surface area contributed by atoms with Crippen LogP contribution < -0.4 is 0 Å². The number of H-pyrrole nitrogens is 1. The van der Waals surface area contributed by atoms with Crippen LogP contribution in [0.15, 0.2) is 59.0 Å². The molecule has 2 aromatic heterocycles.